The zero-order valence-corrected chi connectivity index (χ0v) is 15.4. The fraction of sp³-hybridized carbons (Fsp3) is 0.150. The van der Waals surface area contributed by atoms with Gasteiger partial charge in [0.05, 0.1) is 0 Å². The van der Waals surface area contributed by atoms with Crippen LogP contribution in [-0.2, 0) is 0 Å². The van der Waals surface area contributed by atoms with Crippen LogP contribution in [0, 0.1) is 0 Å². The largest absolute Gasteiger partial charge is 0.486 e. The van der Waals surface area contributed by atoms with Gasteiger partial charge in [-0.05, 0) is 17.7 Å². The molecule has 0 saturated heterocycles. The smallest absolute Gasteiger partial charge is 0.456 e. The van der Waals surface area contributed by atoms with Crippen LogP contribution < -0.4 is 10.3 Å². The van der Waals surface area contributed by atoms with Crippen LogP contribution in [0.25, 0.3) is 22.4 Å². The highest BCUT2D eigenvalue weighted by Crippen LogP contribution is 2.37. The van der Waals surface area contributed by atoms with Gasteiger partial charge in [-0.1, -0.05) is 36.4 Å². The topological polar surface area (TPSA) is 92.3 Å². The van der Waals surface area contributed by atoms with Crippen LogP contribution in [-0.4, -0.2) is 39.7 Å². The minimum atomic E-state index is -5.76. The number of nitrogens with zero attached hydrogens (tertiary/aromatic N) is 1. The molecule has 2 aromatic carbocycles. The molecule has 0 radical (unpaired) electrons. The van der Waals surface area contributed by atoms with Crippen LogP contribution in [0.5, 0.6) is 5.75 Å². The van der Waals surface area contributed by atoms with E-state index in [2.05, 4.69) is 9.97 Å². The number of aromatic nitrogens is 2. The van der Waals surface area contributed by atoms with Crippen molar-refractivity contribution in [3.05, 3.63) is 70.8 Å². The van der Waals surface area contributed by atoms with Gasteiger partial charge in [0.1, 0.15) is 11.4 Å². The zero-order valence-electron chi connectivity index (χ0n) is 15.4. The lowest BCUT2D eigenvalue weighted by Crippen LogP contribution is -2.41. The summed E-state index contributed by atoms with van der Waals surface area (Å²) in [6.45, 7) is -1.91. The van der Waals surface area contributed by atoms with Crippen LogP contribution in [0.1, 0.15) is 10.5 Å². The molecular weight excluding hydrogens is 427 g/mol. The van der Waals surface area contributed by atoms with Crippen molar-refractivity contribution in [1.29, 1.82) is 0 Å². The van der Waals surface area contributed by atoms with Crippen molar-refractivity contribution in [1.82, 2.24) is 9.97 Å². The molecule has 162 valence electrons. The molecule has 0 atom stereocenters. The molecule has 0 unspecified atom stereocenters. The molecule has 1 heterocycles. The monoisotopic (exact) mass is 440 g/mol. The maximum Gasteiger partial charge on any atom is 0.456 e. The third-order valence-electron chi connectivity index (χ3n) is 4.16. The third kappa shape index (κ3) is 4.71. The second-order valence-electron chi connectivity index (χ2n) is 6.34. The summed E-state index contributed by atoms with van der Waals surface area (Å²) >= 11 is 0. The highest BCUT2D eigenvalue weighted by molar-refractivity contribution is 5.85. The molecule has 1 aromatic heterocycles. The Balaban J connectivity index is 1.99. The second kappa shape index (κ2) is 8.17. The van der Waals surface area contributed by atoms with E-state index in [9.17, 15) is 31.5 Å². The lowest BCUT2D eigenvalue weighted by atomic mass is 10.0. The predicted octanol–water partition coefficient (Wildman–Crippen LogP) is 4.38. The standard InChI is InChI=1S/C20H13F5N2O4/c21-19(22,20(23,24)25)10-31-15-7-2-1-6-13(15)11-4-3-5-12(8-11)16-17(28)26-9-14(27-16)18(29)30/h1-9H,10H2,(H,26,28)(H,29,30). The molecule has 0 bridgehead atoms. The van der Waals surface area contributed by atoms with E-state index in [0.29, 0.717) is 5.56 Å². The number of aromatic carboxylic acids is 1. The molecule has 0 amide bonds. The summed E-state index contributed by atoms with van der Waals surface area (Å²) in [5, 5.41) is 9.06. The average Bonchev–Trinajstić information content (AvgIpc) is 2.72. The molecule has 2 N–H and O–H groups in total. The van der Waals surface area contributed by atoms with Gasteiger partial charge in [-0.2, -0.15) is 22.0 Å². The number of carboxylic acids is 1. The van der Waals surface area contributed by atoms with Crippen molar-refractivity contribution >= 4 is 5.97 Å². The number of carboxylic acid groups (broad SMARTS) is 1. The van der Waals surface area contributed by atoms with Crippen molar-refractivity contribution in [3.63, 3.8) is 0 Å². The number of H-pyrrole nitrogens is 1. The Morgan fingerprint density at radius 3 is 2.39 bits per heavy atom. The Hall–Kier alpha value is -3.76. The fourth-order valence-electron chi connectivity index (χ4n) is 2.63. The highest BCUT2D eigenvalue weighted by Gasteiger charge is 2.58. The predicted molar refractivity (Wildman–Crippen MR) is 99.2 cm³/mol. The van der Waals surface area contributed by atoms with Crippen molar-refractivity contribution < 1.29 is 36.6 Å². The number of carbonyl (C=O) groups is 1. The molecule has 3 rings (SSSR count). The molecule has 0 spiro atoms. The lowest BCUT2D eigenvalue weighted by Gasteiger charge is -2.21. The van der Waals surface area contributed by atoms with Gasteiger partial charge >= 0.3 is 18.1 Å². The van der Waals surface area contributed by atoms with Crippen molar-refractivity contribution in [2.45, 2.75) is 12.1 Å². The Morgan fingerprint density at radius 2 is 1.71 bits per heavy atom. The summed E-state index contributed by atoms with van der Waals surface area (Å²) < 4.78 is 68.5. The Bertz CT molecular complexity index is 1170. The van der Waals surface area contributed by atoms with Gasteiger partial charge in [0, 0.05) is 17.3 Å². The second-order valence-corrected chi connectivity index (χ2v) is 6.34. The summed E-state index contributed by atoms with van der Waals surface area (Å²) in [5.74, 6) is -6.64. The van der Waals surface area contributed by atoms with E-state index in [0.717, 1.165) is 6.20 Å². The van der Waals surface area contributed by atoms with Gasteiger partial charge in [-0.3, -0.25) is 4.79 Å². The lowest BCUT2D eigenvalue weighted by molar-refractivity contribution is -0.289. The SMILES string of the molecule is O=C(O)c1c[nH]c(=O)c(-c2cccc(-c3ccccc3OCC(F)(F)C(F)(F)F)c2)n1. The molecule has 6 nitrogen and oxygen atoms in total. The molecule has 31 heavy (non-hydrogen) atoms. The molecule has 0 aliphatic carbocycles. The summed E-state index contributed by atoms with van der Waals surface area (Å²) in [6, 6.07) is 11.5. The number of benzene rings is 2. The van der Waals surface area contributed by atoms with Gasteiger partial charge in [0.15, 0.2) is 12.3 Å². The maximum absolute atomic E-state index is 13.2. The number of aromatic amines is 1. The van der Waals surface area contributed by atoms with E-state index in [1.807, 2.05) is 0 Å². The summed E-state index contributed by atoms with van der Waals surface area (Å²) in [6.07, 6.45) is -4.83. The first kappa shape index (κ1) is 21.9. The molecule has 0 fully saturated rings. The van der Waals surface area contributed by atoms with Crippen LogP contribution in [0.2, 0.25) is 0 Å². The normalized spacial score (nSPS) is 11.9. The first-order chi connectivity index (χ1) is 14.5. The molecular formula is C20H13F5N2O4. The molecule has 11 heteroatoms. The van der Waals surface area contributed by atoms with E-state index in [1.165, 1.54) is 48.5 Å². The van der Waals surface area contributed by atoms with E-state index in [4.69, 9.17) is 9.84 Å². The van der Waals surface area contributed by atoms with Gasteiger partial charge in [0.25, 0.3) is 5.56 Å². The van der Waals surface area contributed by atoms with Crippen LogP contribution in [0.3, 0.4) is 0 Å². The minimum absolute atomic E-state index is 0.188. The number of rotatable bonds is 6. The van der Waals surface area contributed by atoms with Gasteiger partial charge in [0.2, 0.25) is 0 Å². The van der Waals surface area contributed by atoms with Crippen LogP contribution in [0.4, 0.5) is 22.0 Å². The van der Waals surface area contributed by atoms with Crippen molar-refractivity contribution in [3.8, 4) is 28.1 Å². The molecule has 0 aliphatic heterocycles. The highest BCUT2D eigenvalue weighted by atomic mass is 19.4. The molecule has 3 aromatic rings. The van der Waals surface area contributed by atoms with Crippen LogP contribution in [0.15, 0.2) is 59.5 Å². The van der Waals surface area contributed by atoms with E-state index < -0.39 is 35.9 Å². The Labute approximate surface area is 171 Å². The molecule has 0 aliphatic rings. The summed E-state index contributed by atoms with van der Waals surface area (Å²) in [5.41, 5.74) is -0.561. The number of hydrogen-bond donors (Lipinski definition) is 2. The van der Waals surface area contributed by atoms with Gasteiger partial charge < -0.3 is 14.8 Å². The van der Waals surface area contributed by atoms with Gasteiger partial charge in [-0.15, -0.1) is 0 Å². The Kier molecular flexibility index (Phi) is 5.78. The zero-order chi connectivity index (χ0) is 22.8. The maximum atomic E-state index is 13.2. The molecule has 0 saturated carbocycles. The van der Waals surface area contributed by atoms with Crippen molar-refractivity contribution in [2.24, 2.45) is 0 Å². The number of nitrogens with one attached hydrogen (secondary N) is 1. The van der Waals surface area contributed by atoms with E-state index in [1.54, 1.807) is 0 Å². The van der Waals surface area contributed by atoms with E-state index >= 15 is 0 Å². The number of hydrogen-bond acceptors (Lipinski definition) is 4. The summed E-state index contributed by atoms with van der Waals surface area (Å²) in [4.78, 5) is 29.3. The average molecular weight is 440 g/mol. The van der Waals surface area contributed by atoms with Crippen LogP contribution >= 0.6 is 0 Å². The first-order valence-corrected chi connectivity index (χ1v) is 8.60. The number of halogens is 5. The number of para-hydroxylation sites is 1. The fourth-order valence-corrected chi connectivity index (χ4v) is 2.63. The minimum Gasteiger partial charge on any atom is -0.486 e. The Morgan fingerprint density at radius 1 is 1.03 bits per heavy atom. The first-order valence-electron chi connectivity index (χ1n) is 8.60. The van der Waals surface area contributed by atoms with Gasteiger partial charge in [-0.25, -0.2) is 9.78 Å². The van der Waals surface area contributed by atoms with Crippen molar-refractivity contribution in [2.75, 3.05) is 6.61 Å². The third-order valence-corrected chi connectivity index (χ3v) is 4.16. The number of alkyl halides is 5. The quantitative estimate of drug-likeness (QED) is 0.555. The van der Waals surface area contributed by atoms with E-state index in [-0.39, 0.29) is 22.6 Å². The number of ether oxygens (including phenoxy) is 1. The summed E-state index contributed by atoms with van der Waals surface area (Å²) in [7, 11) is 0.